The number of imidazole rings is 1. The van der Waals surface area contributed by atoms with Crippen LogP contribution in [0.3, 0.4) is 0 Å². The number of hydrogen-bond acceptors (Lipinski definition) is 8. The predicted octanol–water partition coefficient (Wildman–Crippen LogP) is 3.07. The molecule has 3 N–H and O–H groups in total. The maximum atomic E-state index is 11.2. The molecule has 1 aromatic carbocycles. The van der Waals surface area contributed by atoms with Crippen LogP contribution >= 0.6 is 0 Å². The zero-order chi connectivity index (χ0) is 20.1. The van der Waals surface area contributed by atoms with Crippen molar-refractivity contribution in [2.24, 2.45) is 0 Å². The number of non-ortho nitro benzene ring substituents is 1. The maximum absolute atomic E-state index is 11.2. The number of benzene rings is 1. The highest BCUT2D eigenvalue weighted by molar-refractivity contribution is 5.86. The molecule has 0 spiro atoms. The summed E-state index contributed by atoms with van der Waals surface area (Å²) in [7, 11) is 0. The first-order chi connectivity index (χ1) is 13.5. The standard InChI is InChI=1S/C18H24N8O2/c1-4-25(5-2)10-9-19-15-11-12(3)20-17(22-15)24-18-21-13-7-6-8-14(26(27)28)16(13)23-18/h6-8,11H,4-5,9-10H2,1-3H3,(H3,19,20,21,22,23,24). The van der Waals surface area contributed by atoms with Gasteiger partial charge in [-0.2, -0.15) is 4.98 Å². The molecule has 10 nitrogen and oxygen atoms in total. The normalized spacial score (nSPS) is 11.1. The highest BCUT2D eigenvalue weighted by Gasteiger charge is 2.16. The van der Waals surface area contributed by atoms with Gasteiger partial charge in [-0.3, -0.25) is 15.4 Å². The fourth-order valence-electron chi connectivity index (χ4n) is 2.93. The third-order valence-corrected chi connectivity index (χ3v) is 4.40. The largest absolute Gasteiger partial charge is 0.369 e. The van der Waals surface area contributed by atoms with E-state index in [1.54, 1.807) is 12.1 Å². The number of para-hydroxylation sites is 1. The minimum absolute atomic E-state index is 0.0503. The predicted molar refractivity (Wildman–Crippen MR) is 109 cm³/mol. The van der Waals surface area contributed by atoms with Gasteiger partial charge in [-0.15, -0.1) is 0 Å². The summed E-state index contributed by atoms with van der Waals surface area (Å²) in [6, 6.07) is 6.65. The van der Waals surface area contributed by atoms with Gasteiger partial charge in [0.25, 0.3) is 5.69 Å². The smallest absolute Gasteiger partial charge is 0.297 e. The van der Waals surface area contributed by atoms with Gasteiger partial charge in [-0.05, 0) is 26.1 Å². The lowest BCUT2D eigenvalue weighted by Gasteiger charge is -2.18. The van der Waals surface area contributed by atoms with Crippen LogP contribution in [-0.4, -0.2) is 55.9 Å². The minimum atomic E-state index is -0.450. The number of aryl methyl sites for hydroxylation is 1. The van der Waals surface area contributed by atoms with E-state index in [0.717, 1.165) is 31.9 Å². The van der Waals surface area contributed by atoms with Gasteiger partial charge in [-0.25, -0.2) is 9.97 Å². The number of aromatic nitrogens is 4. The molecular formula is C18H24N8O2. The van der Waals surface area contributed by atoms with E-state index in [-0.39, 0.29) is 5.69 Å². The molecule has 3 rings (SSSR count). The van der Waals surface area contributed by atoms with Crippen LogP contribution in [0.15, 0.2) is 24.3 Å². The third kappa shape index (κ3) is 4.52. The molecule has 2 heterocycles. The lowest BCUT2D eigenvalue weighted by Crippen LogP contribution is -2.28. The van der Waals surface area contributed by atoms with Crippen molar-refractivity contribution in [1.29, 1.82) is 0 Å². The van der Waals surface area contributed by atoms with Crippen LogP contribution in [0, 0.1) is 17.0 Å². The topological polar surface area (TPSA) is 125 Å². The number of aromatic amines is 1. The molecule has 0 atom stereocenters. The molecule has 148 valence electrons. The van der Waals surface area contributed by atoms with E-state index in [1.165, 1.54) is 6.07 Å². The molecule has 0 aliphatic heterocycles. The van der Waals surface area contributed by atoms with Gasteiger partial charge < -0.3 is 15.2 Å². The first kappa shape index (κ1) is 19.5. The van der Waals surface area contributed by atoms with E-state index in [1.807, 2.05) is 13.0 Å². The Morgan fingerprint density at radius 3 is 2.71 bits per heavy atom. The summed E-state index contributed by atoms with van der Waals surface area (Å²) in [6.07, 6.45) is 0. The molecule has 0 saturated carbocycles. The molecular weight excluding hydrogens is 360 g/mol. The number of nitrogens with zero attached hydrogens (tertiary/aromatic N) is 5. The second kappa shape index (κ2) is 8.61. The van der Waals surface area contributed by atoms with Gasteiger partial charge in [0.2, 0.25) is 11.9 Å². The second-order valence-corrected chi connectivity index (χ2v) is 6.31. The molecule has 0 amide bonds. The number of H-pyrrole nitrogens is 1. The van der Waals surface area contributed by atoms with Crippen molar-refractivity contribution in [1.82, 2.24) is 24.8 Å². The fourth-order valence-corrected chi connectivity index (χ4v) is 2.93. The highest BCUT2D eigenvalue weighted by atomic mass is 16.6. The van der Waals surface area contributed by atoms with E-state index in [9.17, 15) is 10.1 Å². The average Bonchev–Trinajstić information content (AvgIpc) is 3.06. The van der Waals surface area contributed by atoms with Crippen LogP contribution < -0.4 is 10.6 Å². The van der Waals surface area contributed by atoms with E-state index < -0.39 is 4.92 Å². The fraction of sp³-hybridized carbons (Fsp3) is 0.389. The van der Waals surface area contributed by atoms with Crippen LogP contribution in [0.25, 0.3) is 11.0 Å². The Morgan fingerprint density at radius 1 is 1.21 bits per heavy atom. The maximum Gasteiger partial charge on any atom is 0.297 e. The van der Waals surface area contributed by atoms with Crippen molar-refractivity contribution in [3.63, 3.8) is 0 Å². The molecule has 0 aliphatic carbocycles. The summed E-state index contributed by atoms with van der Waals surface area (Å²) in [4.78, 5) is 29.2. The zero-order valence-corrected chi connectivity index (χ0v) is 16.2. The Morgan fingerprint density at radius 2 is 2.00 bits per heavy atom. The zero-order valence-electron chi connectivity index (χ0n) is 16.2. The van der Waals surface area contributed by atoms with E-state index >= 15 is 0 Å². The van der Waals surface area contributed by atoms with E-state index in [2.05, 4.69) is 49.3 Å². The Kier molecular flexibility index (Phi) is 5.99. The van der Waals surface area contributed by atoms with Crippen LogP contribution in [-0.2, 0) is 0 Å². The molecule has 3 aromatic rings. The summed E-state index contributed by atoms with van der Waals surface area (Å²) >= 11 is 0. The van der Waals surface area contributed by atoms with Crippen LogP contribution in [0.1, 0.15) is 19.5 Å². The van der Waals surface area contributed by atoms with Gasteiger partial charge in [0.05, 0.1) is 10.4 Å². The summed E-state index contributed by atoms with van der Waals surface area (Å²) in [6.45, 7) is 9.86. The summed E-state index contributed by atoms with van der Waals surface area (Å²) in [5.74, 6) is 1.43. The lowest BCUT2D eigenvalue weighted by atomic mass is 10.3. The number of nitrogens with one attached hydrogen (secondary N) is 3. The van der Waals surface area contributed by atoms with Crippen LogP contribution in [0.4, 0.5) is 23.4 Å². The summed E-state index contributed by atoms with van der Waals surface area (Å²) in [5.41, 5.74) is 1.61. The van der Waals surface area contributed by atoms with Crippen molar-refractivity contribution >= 4 is 34.4 Å². The molecule has 28 heavy (non-hydrogen) atoms. The summed E-state index contributed by atoms with van der Waals surface area (Å²) < 4.78 is 0. The Balaban J connectivity index is 1.75. The number of anilines is 3. The van der Waals surface area contributed by atoms with Crippen molar-refractivity contribution in [3.8, 4) is 0 Å². The number of hydrogen-bond donors (Lipinski definition) is 3. The molecule has 0 fully saturated rings. The number of nitro groups is 1. The summed E-state index contributed by atoms with van der Waals surface area (Å²) in [5, 5.41) is 17.5. The average molecular weight is 384 g/mol. The van der Waals surface area contributed by atoms with Gasteiger partial charge in [0.1, 0.15) is 5.82 Å². The molecule has 0 aliphatic rings. The van der Waals surface area contributed by atoms with Crippen molar-refractivity contribution in [3.05, 3.63) is 40.1 Å². The third-order valence-electron chi connectivity index (χ3n) is 4.40. The number of rotatable bonds is 9. The van der Waals surface area contributed by atoms with Gasteiger partial charge in [0.15, 0.2) is 5.52 Å². The second-order valence-electron chi connectivity index (χ2n) is 6.31. The van der Waals surface area contributed by atoms with Crippen molar-refractivity contribution in [2.45, 2.75) is 20.8 Å². The molecule has 2 aromatic heterocycles. The molecule has 0 radical (unpaired) electrons. The van der Waals surface area contributed by atoms with Gasteiger partial charge in [-0.1, -0.05) is 19.9 Å². The van der Waals surface area contributed by atoms with Crippen LogP contribution in [0.5, 0.6) is 0 Å². The van der Waals surface area contributed by atoms with Crippen LogP contribution in [0.2, 0.25) is 0 Å². The van der Waals surface area contributed by atoms with Gasteiger partial charge in [0, 0.05) is 30.9 Å². The number of likely N-dealkylation sites (N-methyl/N-ethyl adjacent to an activating group) is 1. The van der Waals surface area contributed by atoms with Crippen molar-refractivity contribution in [2.75, 3.05) is 36.8 Å². The SMILES string of the molecule is CCN(CC)CCNc1cc(C)nc(Nc2nc3c([N+](=O)[O-])cccc3[nH]2)n1. The first-order valence-corrected chi connectivity index (χ1v) is 9.22. The first-order valence-electron chi connectivity index (χ1n) is 9.22. The molecule has 0 saturated heterocycles. The van der Waals surface area contributed by atoms with Gasteiger partial charge >= 0.3 is 0 Å². The Hall–Kier alpha value is -3.27. The minimum Gasteiger partial charge on any atom is -0.369 e. The Bertz CT molecular complexity index is 967. The van der Waals surface area contributed by atoms with E-state index in [0.29, 0.717) is 28.7 Å². The molecule has 10 heteroatoms. The monoisotopic (exact) mass is 384 g/mol. The number of fused-ring (bicyclic) bond motifs is 1. The quantitative estimate of drug-likeness (QED) is 0.380. The molecule has 0 unspecified atom stereocenters. The highest BCUT2D eigenvalue weighted by Crippen LogP contribution is 2.25. The van der Waals surface area contributed by atoms with Crippen molar-refractivity contribution < 1.29 is 4.92 Å². The van der Waals surface area contributed by atoms with E-state index in [4.69, 9.17) is 0 Å². The molecule has 0 bridgehead atoms. The Labute approximate surface area is 162 Å². The lowest BCUT2D eigenvalue weighted by molar-refractivity contribution is -0.383. The number of nitro benzene ring substituents is 1.